The van der Waals surface area contributed by atoms with Gasteiger partial charge in [0.05, 0.1) is 12.6 Å². The van der Waals surface area contributed by atoms with Crippen LogP contribution in [0.1, 0.15) is 12.8 Å². The van der Waals surface area contributed by atoms with E-state index in [4.69, 9.17) is 22.9 Å². The molecule has 0 saturated heterocycles. The molecule has 6 heteroatoms. The lowest BCUT2D eigenvalue weighted by Gasteiger charge is -2.03. The summed E-state index contributed by atoms with van der Waals surface area (Å²) >= 11 is 0. The average molecular weight is 174 g/mol. The minimum absolute atomic E-state index is 0.169. The Morgan fingerprint density at radius 3 is 2.33 bits per heavy atom. The zero-order valence-electron chi connectivity index (χ0n) is 6.92. The normalized spacial score (nSPS) is 12.1. The van der Waals surface area contributed by atoms with Gasteiger partial charge in [0.2, 0.25) is 5.91 Å². The smallest absolute Gasteiger partial charge is 0.338 e. The lowest BCUT2D eigenvalue weighted by molar-refractivity contribution is -0.459. The van der Waals surface area contributed by atoms with Crippen molar-refractivity contribution in [2.24, 2.45) is 22.9 Å². The van der Waals surface area contributed by atoms with Crippen molar-refractivity contribution in [2.45, 2.75) is 18.9 Å². The Hall–Kier alpha value is -1.30. The van der Waals surface area contributed by atoms with E-state index < -0.39 is 11.9 Å². The molecule has 0 aliphatic carbocycles. The summed E-state index contributed by atoms with van der Waals surface area (Å²) in [6, 6.07) is -0.578. The highest BCUT2D eigenvalue weighted by molar-refractivity contribution is 5.79. The Morgan fingerprint density at radius 1 is 1.33 bits per heavy atom. The highest BCUT2D eigenvalue weighted by Gasteiger charge is 2.07. The maximum Gasteiger partial charge on any atom is 0.338 e. The van der Waals surface area contributed by atoms with E-state index in [0.717, 1.165) is 0 Å². The number of rotatable bonds is 5. The maximum atomic E-state index is 10.4. The van der Waals surface area contributed by atoms with E-state index in [9.17, 15) is 4.79 Å². The summed E-state index contributed by atoms with van der Waals surface area (Å²) in [6.07, 6.45) is 1.25. The van der Waals surface area contributed by atoms with Gasteiger partial charge in [-0.2, -0.15) is 0 Å². The molecule has 0 aliphatic heterocycles. The first-order valence-electron chi connectivity index (χ1n) is 3.70. The van der Waals surface area contributed by atoms with Crippen LogP contribution in [-0.4, -0.2) is 24.5 Å². The molecule has 0 unspecified atom stereocenters. The third-order valence-electron chi connectivity index (χ3n) is 1.39. The summed E-state index contributed by atoms with van der Waals surface area (Å²) in [6.45, 7) is 0.601. The van der Waals surface area contributed by atoms with E-state index in [1.807, 2.05) is 0 Å². The Labute approximate surface area is 71.0 Å². The monoisotopic (exact) mass is 174 g/mol. The van der Waals surface area contributed by atoms with Gasteiger partial charge in [-0.15, -0.1) is 0 Å². The van der Waals surface area contributed by atoms with Crippen LogP contribution in [0.25, 0.3) is 0 Å². The fourth-order valence-electron chi connectivity index (χ4n) is 0.697. The molecule has 0 fully saturated rings. The topological polar surface area (TPSA) is 135 Å². The molecule has 9 N–H and O–H groups in total. The van der Waals surface area contributed by atoms with Crippen molar-refractivity contribution in [3.63, 3.8) is 0 Å². The minimum Gasteiger partial charge on any atom is -0.368 e. The van der Waals surface area contributed by atoms with Gasteiger partial charge in [-0.1, -0.05) is 0 Å². The molecule has 0 aromatic heterocycles. The van der Waals surface area contributed by atoms with Gasteiger partial charge in [-0.3, -0.25) is 21.3 Å². The molecule has 0 heterocycles. The van der Waals surface area contributed by atoms with Crippen LogP contribution in [0.5, 0.6) is 0 Å². The fourth-order valence-corrected chi connectivity index (χ4v) is 0.697. The van der Waals surface area contributed by atoms with Crippen molar-refractivity contribution < 1.29 is 9.79 Å². The van der Waals surface area contributed by atoms with E-state index in [1.54, 1.807) is 0 Å². The quantitative estimate of drug-likeness (QED) is 0.164. The number of primary amides is 1. The Morgan fingerprint density at radius 2 is 1.92 bits per heavy atom. The van der Waals surface area contributed by atoms with Crippen LogP contribution < -0.4 is 27.9 Å². The number of hydrogen-bond donors (Lipinski definition) is 5. The third kappa shape index (κ3) is 5.48. The second-order valence-electron chi connectivity index (χ2n) is 2.53. The summed E-state index contributed by atoms with van der Waals surface area (Å²) in [4.78, 5) is 13.2. The average Bonchev–Trinajstić information content (AvgIpc) is 1.97. The van der Waals surface area contributed by atoms with Gasteiger partial charge in [0.25, 0.3) is 0 Å². The second-order valence-corrected chi connectivity index (χ2v) is 2.53. The number of carbonyl (C=O) groups is 1. The molecule has 12 heavy (non-hydrogen) atoms. The van der Waals surface area contributed by atoms with Crippen LogP contribution >= 0.6 is 0 Å². The minimum atomic E-state index is -0.578. The van der Waals surface area contributed by atoms with Gasteiger partial charge in [-0.25, -0.2) is 0 Å². The molecule has 0 aromatic carbocycles. The molecule has 1 amide bonds. The summed E-state index contributed by atoms with van der Waals surface area (Å²) in [5.74, 6) is -0.317. The molecule has 6 nitrogen and oxygen atoms in total. The van der Waals surface area contributed by atoms with Gasteiger partial charge < -0.3 is 11.5 Å². The number of carbonyl (C=O) groups excluding carboxylic acids is 1. The lowest BCUT2D eigenvalue weighted by Crippen LogP contribution is -2.78. The Kier molecular flexibility index (Phi) is 4.78. The fraction of sp³-hybridized carbons (Fsp3) is 0.667. The van der Waals surface area contributed by atoms with Gasteiger partial charge in [0.1, 0.15) is 0 Å². The number of nitrogens with one attached hydrogen (secondary N) is 1. The van der Waals surface area contributed by atoms with Crippen LogP contribution in [0.15, 0.2) is 0 Å². The number of amides is 1. The zero-order chi connectivity index (χ0) is 9.56. The maximum absolute atomic E-state index is 10.4. The van der Waals surface area contributed by atoms with Crippen molar-refractivity contribution in [3.8, 4) is 0 Å². The molecular formula is C6H16N5O+. The van der Waals surface area contributed by atoms with E-state index in [1.165, 1.54) is 0 Å². The van der Waals surface area contributed by atoms with Crippen LogP contribution in [0.3, 0.4) is 0 Å². The van der Waals surface area contributed by atoms with E-state index >= 15 is 0 Å². The molecular weight excluding hydrogens is 158 g/mol. The predicted octanol–water partition coefficient (Wildman–Crippen LogP) is -4.07. The van der Waals surface area contributed by atoms with Crippen LogP contribution in [0, 0.1) is 0 Å². The Balaban J connectivity index is 3.44. The number of nitrogens with two attached hydrogens (primary N) is 4. The summed E-state index contributed by atoms with van der Waals surface area (Å²) in [5, 5.41) is 0. The van der Waals surface area contributed by atoms with Crippen LogP contribution in [0.4, 0.5) is 0 Å². The first kappa shape index (κ1) is 10.7. The van der Waals surface area contributed by atoms with Crippen molar-refractivity contribution in [3.05, 3.63) is 0 Å². The van der Waals surface area contributed by atoms with E-state index in [-0.39, 0.29) is 5.96 Å². The summed E-state index contributed by atoms with van der Waals surface area (Å²) in [5.41, 5.74) is 20.6. The molecule has 70 valence electrons. The van der Waals surface area contributed by atoms with Gasteiger partial charge in [0.15, 0.2) is 0 Å². The predicted molar refractivity (Wildman–Crippen MR) is 45.6 cm³/mol. The molecule has 0 spiro atoms. The van der Waals surface area contributed by atoms with E-state index in [2.05, 4.69) is 4.99 Å². The highest BCUT2D eigenvalue weighted by atomic mass is 16.1. The first-order chi connectivity index (χ1) is 5.54. The van der Waals surface area contributed by atoms with Gasteiger partial charge in [-0.05, 0) is 12.8 Å². The van der Waals surface area contributed by atoms with Crippen LogP contribution in [-0.2, 0) is 4.79 Å². The third-order valence-corrected chi connectivity index (χ3v) is 1.39. The highest BCUT2D eigenvalue weighted by Crippen LogP contribution is 1.89. The standard InChI is InChI=1S/C6H15N5O/c7-4(5(8)12)2-1-3-11-6(9)10/h4H,1-3,7H2,(H2,8,12)(H4,9,10,11)/p+1/t4-/m1/s1. The molecule has 0 bridgehead atoms. The van der Waals surface area contributed by atoms with Crippen molar-refractivity contribution >= 4 is 11.9 Å². The molecule has 0 aliphatic rings. The summed E-state index contributed by atoms with van der Waals surface area (Å²) in [7, 11) is 0. The molecule has 0 radical (unpaired) electrons. The van der Waals surface area contributed by atoms with Crippen molar-refractivity contribution in [1.82, 2.24) is 0 Å². The van der Waals surface area contributed by atoms with Crippen molar-refractivity contribution in [2.75, 3.05) is 6.54 Å². The lowest BCUT2D eigenvalue weighted by atomic mass is 10.1. The number of hydrogen-bond acceptors (Lipinski definition) is 2. The van der Waals surface area contributed by atoms with E-state index in [0.29, 0.717) is 19.4 Å². The largest absolute Gasteiger partial charge is 0.368 e. The second kappa shape index (κ2) is 5.36. The molecule has 0 aromatic rings. The zero-order valence-corrected chi connectivity index (χ0v) is 6.92. The van der Waals surface area contributed by atoms with Gasteiger partial charge in [0, 0.05) is 0 Å². The van der Waals surface area contributed by atoms with Crippen molar-refractivity contribution in [1.29, 1.82) is 0 Å². The molecule has 1 atom stereocenters. The first-order valence-corrected chi connectivity index (χ1v) is 3.70. The Bertz CT molecular complexity index is 175. The van der Waals surface area contributed by atoms with Gasteiger partial charge >= 0.3 is 5.96 Å². The summed E-state index contributed by atoms with van der Waals surface area (Å²) < 4.78 is 0. The van der Waals surface area contributed by atoms with Crippen LogP contribution in [0.2, 0.25) is 0 Å². The number of guanidine groups is 1. The molecule has 0 saturated carbocycles. The SMILES string of the molecule is NC(=O)[C@H](N)CCC[NH+]=C(N)N. The molecule has 0 rings (SSSR count).